The topological polar surface area (TPSA) is 97.1 Å². The van der Waals surface area contributed by atoms with Crippen molar-refractivity contribution in [2.24, 2.45) is 5.73 Å². The zero-order valence-corrected chi connectivity index (χ0v) is 13.9. The number of nitrogens with one attached hydrogen (secondary N) is 2. The van der Waals surface area contributed by atoms with E-state index in [9.17, 15) is 9.59 Å². The van der Waals surface area contributed by atoms with Crippen molar-refractivity contribution >= 4 is 34.9 Å². The summed E-state index contributed by atoms with van der Waals surface area (Å²) in [6, 6.07) is 7.38. The lowest BCUT2D eigenvalue weighted by atomic mass is 9.98. The molecule has 2 heterocycles. The molecule has 2 amide bonds. The third-order valence-corrected chi connectivity index (χ3v) is 4.29. The molecule has 4 N–H and O–H groups in total. The molecule has 1 atom stereocenters. The predicted molar refractivity (Wildman–Crippen MR) is 93.2 cm³/mol. The Kier molecular flexibility index (Phi) is 4.40. The Morgan fingerprint density at radius 2 is 2.17 bits per heavy atom. The van der Waals surface area contributed by atoms with Crippen LogP contribution in [0.5, 0.6) is 0 Å². The van der Waals surface area contributed by atoms with Crippen molar-refractivity contribution in [1.29, 1.82) is 0 Å². The van der Waals surface area contributed by atoms with Gasteiger partial charge in [-0.15, -0.1) is 0 Å². The van der Waals surface area contributed by atoms with Gasteiger partial charge in [0.15, 0.2) is 0 Å². The third-order valence-electron chi connectivity index (χ3n) is 4.00. The summed E-state index contributed by atoms with van der Waals surface area (Å²) in [5, 5.41) is 6.43. The number of pyridine rings is 1. The van der Waals surface area contributed by atoms with Gasteiger partial charge in [-0.05, 0) is 36.6 Å². The average Bonchev–Trinajstić information content (AvgIpc) is 2.55. The number of aromatic nitrogens is 1. The van der Waals surface area contributed by atoms with Gasteiger partial charge in [0.1, 0.15) is 5.82 Å². The number of nitrogens with zero attached hydrogens (tertiary/aromatic N) is 1. The highest BCUT2D eigenvalue weighted by Crippen LogP contribution is 2.29. The first-order chi connectivity index (χ1) is 11.4. The standard InChI is InChI=1S/C17H17ClN4O2/c1-9(21-17-13(18)7-12(8-20-17)16(19)24)10-2-4-14-11(6-10)3-5-15(23)22-14/h2,4,6-9H,3,5H2,1H3,(H2,19,24)(H,20,21)(H,22,23). The molecule has 6 nitrogen and oxygen atoms in total. The summed E-state index contributed by atoms with van der Waals surface area (Å²) >= 11 is 6.16. The van der Waals surface area contributed by atoms with Crippen LogP contribution in [0.25, 0.3) is 0 Å². The Morgan fingerprint density at radius 1 is 1.38 bits per heavy atom. The predicted octanol–water partition coefficient (Wildman–Crippen LogP) is 2.89. The van der Waals surface area contributed by atoms with E-state index in [4.69, 9.17) is 17.3 Å². The summed E-state index contributed by atoms with van der Waals surface area (Å²) in [4.78, 5) is 26.7. The molecule has 0 bridgehead atoms. The second kappa shape index (κ2) is 6.49. The van der Waals surface area contributed by atoms with E-state index in [-0.39, 0.29) is 17.5 Å². The van der Waals surface area contributed by atoms with E-state index in [2.05, 4.69) is 21.7 Å². The lowest BCUT2D eigenvalue weighted by Gasteiger charge is -2.21. The number of amides is 2. The van der Waals surface area contributed by atoms with Gasteiger partial charge in [0.25, 0.3) is 0 Å². The molecular formula is C17H17ClN4O2. The first-order valence-electron chi connectivity index (χ1n) is 7.58. The molecular weight excluding hydrogens is 328 g/mol. The van der Waals surface area contributed by atoms with Crippen molar-refractivity contribution in [2.75, 3.05) is 10.6 Å². The summed E-state index contributed by atoms with van der Waals surface area (Å²) < 4.78 is 0. The van der Waals surface area contributed by atoms with Crippen LogP contribution in [0, 0.1) is 0 Å². The molecule has 0 radical (unpaired) electrons. The van der Waals surface area contributed by atoms with Crippen LogP contribution in [0.2, 0.25) is 5.02 Å². The van der Waals surface area contributed by atoms with Crippen LogP contribution >= 0.6 is 11.6 Å². The van der Waals surface area contributed by atoms with Crippen molar-refractivity contribution in [3.63, 3.8) is 0 Å². The third kappa shape index (κ3) is 3.33. The summed E-state index contributed by atoms with van der Waals surface area (Å²) in [6.45, 7) is 1.99. The maximum absolute atomic E-state index is 11.4. The van der Waals surface area contributed by atoms with Crippen LogP contribution in [0.4, 0.5) is 11.5 Å². The highest BCUT2D eigenvalue weighted by Gasteiger charge is 2.17. The number of fused-ring (bicyclic) bond motifs is 1. The van der Waals surface area contributed by atoms with Gasteiger partial charge in [-0.2, -0.15) is 0 Å². The van der Waals surface area contributed by atoms with Crippen LogP contribution in [-0.4, -0.2) is 16.8 Å². The van der Waals surface area contributed by atoms with Gasteiger partial charge in [-0.1, -0.05) is 23.7 Å². The molecule has 1 aliphatic rings. The molecule has 0 aliphatic carbocycles. The summed E-state index contributed by atoms with van der Waals surface area (Å²) in [7, 11) is 0. The molecule has 1 aliphatic heterocycles. The SMILES string of the molecule is CC(Nc1ncc(C(N)=O)cc1Cl)c1ccc2c(c1)CCC(=O)N2. The number of anilines is 2. The van der Waals surface area contributed by atoms with Gasteiger partial charge >= 0.3 is 0 Å². The molecule has 3 rings (SSSR count). The van der Waals surface area contributed by atoms with E-state index in [1.165, 1.54) is 12.3 Å². The number of carbonyl (C=O) groups excluding carboxylic acids is 2. The lowest BCUT2D eigenvalue weighted by molar-refractivity contribution is -0.116. The van der Waals surface area contributed by atoms with Crippen molar-refractivity contribution in [3.05, 3.63) is 52.2 Å². The fraction of sp³-hybridized carbons (Fsp3) is 0.235. The Labute approximate surface area is 144 Å². The number of rotatable bonds is 4. The Morgan fingerprint density at radius 3 is 2.88 bits per heavy atom. The molecule has 2 aromatic rings. The van der Waals surface area contributed by atoms with Gasteiger partial charge in [-0.3, -0.25) is 9.59 Å². The largest absolute Gasteiger partial charge is 0.366 e. The molecule has 0 saturated carbocycles. The Balaban J connectivity index is 1.79. The number of carbonyl (C=O) groups is 2. The van der Waals surface area contributed by atoms with Crippen LogP contribution < -0.4 is 16.4 Å². The van der Waals surface area contributed by atoms with Gasteiger partial charge in [0.2, 0.25) is 11.8 Å². The minimum Gasteiger partial charge on any atom is -0.366 e. The fourth-order valence-electron chi connectivity index (χ4n) is 2.64. The Hall–Kier alpha value is -2.60. The number of hydrogen-bond donors (Lipinski definition) is 3. The molecule has 0 spiro atoms. The number of benzene rings is 1. The molecule has 1 aromatic heterocycles. The minimum absolute atomic E-state index is 0.0441. The van der Waals surface area contributed by atoms with E-state index >= 15 is 0 Å². The molecule has 1 unspecified atom stereocenters. The van der Waals surface area contributed by atoms with Gasteiger partial charge < -0.3 is 16.4 Å². The van der Waals surface area contributed by atoms with Crippen LogP contribution in [-0.2, 0) is 11.2 Å². The molecule has 1 aromatic carbocycles. The quantitative estimate of drug-likeness (QED) is 0.794. The number of nitrogens with two attached hydrogens (primary N) is 1. The van der Waals surface area contributed by atoms with Crippen LogP contribution in [0.3, 0.4) is 0 Å². The maximum atomic E-state index is 11.4. The van der Waals surface area contributed by atoms with Gasteiger partial charge in [0.05, 0.1) is 16.6 Å². The van der Waals surface area contributed by atoms with E-state index in [0.717, 1.165) is 23.2 Å². The number of aryl methyl sites for hydroxylation is 1. The highest BCUT2D eigenvalue weighted by molar-refractivity contribution is 6.33. The summed E-state index contributed by atoms with van der Waals surface area (Å²) in [6.07, 6.45) is 2.62. The second-order valence-corrected chi connectivity index (χ2v) is 6.16. The monoisotopic (exact) mass is 344 g/mol. The van der Waals surface area contributed by atoms with E-state index < -0.39 is 5.91 Å². The van der Waals surface area contributed by atoms with Gasteiger partial charge in [-0.25, -0.2) is 4.98 Å². The van der Waals surface area contributed by atoms with Crippen molar-refractivity contribution in [3.8, 4) is 0 Å². The second-order valence-electron chi connectivity index (χ2n) is 5.75. The van der Waals surface area contributed by atoms with Crippen LogP contribution in [0.15, 0.2) is 30.5 Å². The highest BCUT2D eigenvalue weighted by atomic mass is 35.5. The Bertz CT molecular complexity index is 822. The van der Waals surface area contributed by atoms with E-state index in [1.807, 2.05) is 19.1 Å². The van der Waals surface area contributed by atoms with E-state index in [0.29, 0.717) is 17.3 Å². The normalized spacial score (nSPS) is 14.5. The van der Waals surface area contributed by atoms with Crippen molar-refractivity contribution in [2.45, 2.75) is 25.8 Å². The number of hydrogen-bond acceptors (Lipinski definition) is 4. The van der Waals surface area contributed by atoms with Crippen molar-refractivity contribution < 1.29 is 9.59 Å². The zero-order valence-electron chi connectivity index (χ0n) is 13.1. The van der Waals surface area contributed by atoms with E-state index in [1.54, 1.807) is 0 Å². The molecule has 0 fully saturated rings. The first-order valence-corrected chi connectivity index (χ1v) is 7.96. The summed E-state index contributed by atoms with van der Waals surface area (Å²) in [5.41, 5.74) is 8.51. The maximum Gasteiger partial charge on any atom is 0.250 e. The van der Waals surface area contributed by atoms with Crippen molar-refractivity contribution in [1.82, 2.24) is 4.98 Å². The molecule has 124 valence electrons. The zero-order chi connectivity index (χ0) is 17.3. The van der Waals surface area contributed by atoms with Gasteiger partial charge in [0, 0.05) is 18.3 Å². The fourth-order valence-corrected chi connectivity index (χ4v) is 2.86. The number of primary amides is 1. The molecule has 0 saturated heterocycles. The number of halogens is 1. The first kappa shape index (κ1) is 16.3. The average molecular weight is 345 g/mol. The molecule has 7 heteroatoms. The smallest absolute Gasteiger partial charge is 0.250 e. The summed E-state index contributed by atoms with van der Waals surface area (Å²) in [5.74, 6) is -0.0344. The lowest BCUT2D eigenvalue weighted by Crippen LogP contribution is -2.19. The molecule has 24 heavy (non-hydrogen) atoms. The minimum atomic E-state index is -0.569. The van der Waals surface area contributed by atoms with Crippen LogP contribution in [0.1, 0.15) is 40.9 Å².